The molecule has 3 atom stereocenters. The summed E-state index contributed by atoms with van der Waals surface area (Å²) in [6.45, 7) is 6.16. The van der Waals surface area contributed by atoms with Gasteiger partial charge in [0.25, 0.3) is 0 Å². The summed E-state index contributed by atoms with van der Waals surface area (Å²) in [5, 5.41) is 3.88. The number of amides is 3. The number of thioether (sulfide) groups is 1. The van der Waals surface area contributed by atoms with Crippen LogP contribution in [-0.4, -0.2) is 68.3 Å². The van der Waals surface area contributed by atoms with Gasteiger partial charge in [0.2, 0.25) is 11.8 Å². The van der Waals surface area contributed by atoms with Crippen molar-refractivity contribution in [3.63, 3.8) is 0 Å². The van der Waals surface area contributed by atoms with Crippen molar-refractivity contribution in [2.75, 3.05) is 6.54 Å². The highest BCUT2D eigenvalue weighted by Gasteiger charge is 2.56. The molecule has 0 aliphatic carbocycles. The Labute approximate surface area is 277 Å². The molecule has 1 aromatic heterocycles. The number of hydrogen-bond acceptors (Lipinski definition) is 8. The minimum absolute atomic E-state index is 0.139. The van der Waals surface area contributed by atoms with Crippen molar-refractivity contribution in [1.82, 2.24) is 20.1 Å². The van der Waals surface area contributed by atoms with Crippen molar-refractivity contribution in [2.45, 2.75) is 62.9 Å². The van der Waals surface area contributed by atoms with Gasteiger partial charge in [-0.15, -0.1) is 11.8 Å². The molecule has 2 fully saturated rings. The van der Waals surface area contributed by atoms with E-state index >= 15 is 0 Å². The molecule has 11 heteroatoms. The zero-order valence-electron chi connectivity index (χ0n) is 26.4. The number of rotatable bonds is 8. The summed E-state index contributed by atoms with van der Waals surface area (Å²) < 4.78 is 11.6. The lowest BCUT2D eigenvalue weighted by Crippen LogP contribution is -2.74. The van der Waals surface area contributed by atoms with Crippen LogP contribution in [0.5, 0.6) is 0 Å². The fourth-order valence-electron chi connectivity index (χ4n) is 5.84. The summed E-state index contributed by atoms with van der Waals surface area (Å²) in [4.78, 5) is 61.3. The fourth-order valence-corrected chi connectivity index (χ4v) is 7.03. The normalized spacial score (nSPS) is 21.7. The van der Waals surface area contributed by atoms with Crippen LogP contribution >= 0.6 is 11.8 Å². The van der Waals surface area contributed by atoms with E-state index in [2.05, 4.69) is 10.3 Å². The Balaban J connectivity index is 1.29. The number of benzene rings is 2. The first kappa shape index (κ1) is 32.1. The largest absolute Gasteiger partial charge is 0.451 e. The van der Waals surface area contributed by atoms with Gasteiger partial charge in [-0.25, -0.2) is 9.59 Å². The minimum Gasteiger partial charge on any atom is -0.451 e. The molecule has 242 valence electrons. The van der Waals surface area contributed by atoms with Crippen LogP contribution in [0.4, 0.5) is 4.79 Å². The fraction of sp³-hybridized carbons (Fsp3) is 0.306. The Bertz CT molecular complexity index is 1670. The number of nitrogens with one attached hydrogen (secondary N) is 1. The predicted octanol–water partition coefficient (Wildman–Crippen LogP) is 5.13. The zero-order chi connectivity index (χ0) is 33.1. The summed E-state index contributed by atoms with van der Waals surface area (Å²) in [5.41, 5.74) is 2.73. The summed E-state index contributed by atoms with van der Waals surface area (Å²) in [7, 11) is 0. The number of carbonyl (C=O) groups excluding carboxylic acids is 4. The molecule has 3 amide bonds. The first-order valence-corrected chi connectivity index (χ1v) is 16.4. The summed E-state index contributed by atoms with van der Waals surface area (Å²) >= 11 is 1.30. The highest BCUT2D eigenvalue weighted by Crippen LogP contribution is 2.42. The highest BCUT2D eigenvalue weighted by molar-refractivity contribution is 8.03. The molecule has 0 spiro atoms. The van der Waals surface area contributed by atoms with Gasteiger partial charge in [0.15, 0.2) is 12.1 Å². The van der Waals surface area contributed by atoms with Crippen molar-refractivity contribution in [3.05, 3.63) is 125 Å². The number of pyridine rings is 1. The van der Waals surface area contributed by atoms with Crippen molar-refractivity contribution >= 4 is 35.6 Å². The van der Waals surface area contributed by atoms with E-state index in [1.165, 1.54) is 16.7 Å². The molecule has 4 heterocycles. The third kappa shape index (κ3) is 7.10. The number of esters is 1. The Morgan fingerprint density at radius 3 is 2.32 bits per heavy atom. The molecular formula is C36H36N4O6S. The van der Waals surface area contributed by atoms with E-state index in [-0.39, 0.29) is 5.91 Å². The second-order valence-electron chi connectivity index (χ2n) is 12.6. The van der Waals surface area contributed by atoms with Gasteiger partial charge < -0.3 is 24.6 Å². The van der Waals surface area contributed by atoms with Gasteiger partial charge in [-0.05, 0) is 67.0 Å². The quantitative estimate of drug-likeness (QED) is 0.202. The number of carbonyl (C=O) groups is 4. The topological polar surface area (TPSA) is 118 Å². The number of hydrogen-bond donors (Lipinski definition) is 1. The highest BCUT2D eigenvalue weighted by atomic mass is 32.2. The van der Waals surface area contributed by atoms with Crippen LogP contribution in [-0.2, 0) is 30.4 Å². The molecule has 2 aromatic carbocycles. The van der Waals surface area contributed by atoms with Crippen molar-refractivity contribution in [2.24, 2.45) is 0 Å². The number of ether oxygens (including phenoxy) is 2. The predicted molar refractivity (Wildman–Crippen MR) is 176 cm³/mol. The monoisotopic (exact) mass is 652 g/mol. The second kappa shape index (κ2) is 13.4. The molecular weight excluding hydrogens is 616 g/mol. The van der Waals surface area contributed by atoms with Gasteiger partial charge in [-0.1, -0.05) is 66.7 Å². The maximum absolute atomic E-state index is 14.3. The van der Waals surface area contributed by atoms with Gasteiger partial charge in [0, 0.05) is 31.1 Å². The zero-order valence-corrected chi connectivity index (χ0v) is 27.2. The maximum atomic E-state index is 14.3. The van der Waals surface area contributed by atoms with Crippen molar-refractivity contribution in [1.29, 1.82) is 0 Å². The molecule has 0 unspecified atom stereocenters. The SMILES string of the molecule is CC(C)(C)OC(=O)N[C@@H]1C(=O)N2[C@@H](C(=O)OC(c3ccccc3)c3ccccc3)C(/C=C3\CCN(Cc4cccnc4)C3=O)=CS[C@H]12. The number of fused-ring (bicyclic) bond motifs is 1. The lowest BCUT2D eigenvalue weighted by Gasteiger charge is -2.51. The molecule has 47 heavy (non-hydrogen) atoms. The number of aromatic nitrogens is 1. The van der Waals surface area contributed by atoms with Gasteiger partial charge in [-0.3, -0.25) is 14.6 Å². The first-order chi connectivity index (χ1) is 22.6. The van der Waals surface area contributed by atoms with Gasteiger partial charge >= 0.3 is 12.1 Å². The van der Waals surface area contributed by atoms with Crippen LogP contribution in [0, 0.1) is 0 Å². The summed E-state index contributed by atoms with van der Waals surface area (Å²) in [6.07, 6.45) is 4.16. The Hall–Kier alpha value is -4.90. The minimum atomic E-state index is -1.13. The molecule has 10 nitrogen and oxygen atoms in total. The third-order valence-electron chi connectivity index (χ3n) is 8.00. The van der Waals surface area contributed by atoms with Crippen molar-refractivity contribution in [3.8, 4) is 0 Å². The smallest absolute Gasteiger partial charge is 0.408 e. The maximum Gasteiger partial charge on any atom is 0.408 e. The van der Waals surface area contributed by atoms with Crippen LogP contribution in [0.1, 0.15) is 50.0 Å². The van der Waals surface area contributed by atoms with E-state index in [9.17, 15) is 19.2 Å². The van der Waals surface area contributed by atoms with Crippen LogP contribution in [0.25, 0.3) is 0 Å². The van der Waals surface area contributed by atoms with E-state index in [4.69, 9.17) is 9.47 Å². The van der Waals surface area contributed by atoms with Gasteiger partial charge in [-0.2, -0.15) is 0 Å². The Kier molecular flexibility index (Phi) is 9.17. The molecule has 6 rings (SSSR count). The molecule has 3 aliphatic heterocycles. The van der Waals surface area contributed by atoms with E-state index in [1.807, 2.05) is 72.8 Å². The van der Waals surface area contributed by atoms with Crippen molar-refractivity contribution < 1.29 is 28.7 Å². The molecule has 0 saturated carbocycles. The van der Waals surface area contributed by atoms with E-state index in [0.717, 1.165) is 16.7 Å². The summed E-state index contributed by atoms with van der Waals surface area (Å²) in [5.74, 6) is -1.22. The number of nitrogens with zero attached hydrogens (tertiary/aromatic N) is 3. The Morgan fingerprint density at radius 1 is 1.02 bits per heavy atom. The lowest BCUT2D eigenvalue weighted by molar-refractivity contribution is -0.164. The van der Waals surface area contributed by atoms with Crippen LogP contribution in [0.3, 0.4) is 0 Å². The number of β-lactam (4-membered cyclic amide) rings is 1. The van der Waals surface area contributed by atoms with E-state index in [1.54, 1.807) is 49.5 Å². The number of alkyl carbamates (subject to hydrolysis) is 1. The standard InChI is InChI=1S/C36H36N4O6S/c1-36(2,3)46-35(44)38-28-32(42)40-29(34(43)45-30(24-12-6-4-7-13-24)25-14-8-5-9-15-25)27(22-47-33(28)40)19-26-16-18-39(31(26)41)21-23-11-10-17-37-20-23/h4-15,17,19-20,22,28-30,33H,16,18,21H2,1-3H3,(H,38,44)/b26-19+/t28-,29-,33-/m1/s1. The molecule has 3 aromatic rings. The lowest BCUT2D eigenvalue weighted by atomic mass is 9.95. The van der Waals surface area contributed by atoms with Crippen LogP contribution < -0.4 is 5.32 Å². The second-order valence-corrected chi connectivity index (χ2v) is 13.6. The van der Waals surface area contributed by atoms with E-state index < -0.39 is 47.1 Å². The van der Waals surface area contributed by atoms with Crippen LogP contribution in [0.15, 0.2) is 108 Å². The molecule has 0 bridgehead atoms. The average Bonchev–Trinajstić information content (AvgIpc) is 3.40. The average molecular weight is 653 g/mol. The molecule has 1 N–H and O–H groups in total. The Morgan fingerprint density at radius 2 is 1.70 bits per heavy atom. The molecule has 3 aliphatic rings. The molecule has 2 saturated heterocycles. The first-order valence-electron chi connectivity index (χ1n) is 15.5. The third-order valence-corrected chi connectivity index (χ3v) is 9.19. The molecule has 0 radical (unpaired) electrons. The van der Waals surface area contributed by atoms with Crippen LogP contribution in [0.2, 0.25) is 0 Å². The van der Waals surface area contributed by atoms with Gasteiger partial charge in [0.05, 0.1) is 0 Å². The number of likely N-dealkylation sites (tertiary alicyclic amines) is 1. The summed E-state index contributed by atoms with van der Waals surface area (Å²) in [6, 6.07) is 20.5. The van der Waals surface area contributed by atoms with E-state index in [0.29, 0.717) is 30.7 Å². The van der Waals surface area contributed by atoms with Gasteiger partial charge in [0.1, 0.15) is 17.0 Å².